The molecule has 0 amide bonds. The van der Waals surface area contributed by atoms with Crippen LogP contribution in [0.4, 0.5) is 23.3 Å². The molecular weight excluding hydrogens is 358 g/mol. The molecule has 0 radical (unpaired) electrons. The Kier molecular flexibility index (Phi) is 4.06. The van der Waals surface area contributed by atoms with Gasteiger partial charge < -0.3 is 25.1 Å². The van der Waals surface area contributed by atoms with Gasteiger partial charge in [0.05, 0.1) is 13.2 Å². The normalized spacial score (nSPS) is 14.5. The van der Waals surface area contributed by atoms with Crippen LogP contribution in [0, 0.1) is 0 Å². The average molecular weight is 377 g/mol. The van der Waals surface area contributed by atoms with E-state index in [1.54, 1.807) is 0 Å². The highest BCUT2D eigenvalue weighted by molar-refractivity contribution is 5.81. The molecule has 1 fully saturated rings. The highest BCUT2D eigenvalue weighted by Crippen LogP contribution is 2.25. The maximum absolute atomic E-state index is 6.08. The van der Waals surface area contributed by atoms with Crippen LogP contribution in [0.2, 0.25) is 0 Å². The zero-order valence-corrected chi connectivity index (χ0v) is 15.1. The lowest BCUT2D eigenvalue weighted by atomic mass is 10.2. The summed E-state index contributed by atoms with van der Waals surface area (Å²) in [6.07, 6.45) is 1.40. The molecule has 9 nitrogen and oxygen atoms in total. The Morgan fingerprint density at radius 1 is 1.04 bits per heavy atom. The zero-order valence-electron chi connectivity index (χ0n) is 15.1. The average Bonchev–Trinajstić information content (AvgIpc) is 3.35. The minimum absolute atomic E-state index is 0.260. The fourth-order valence-electron chi connectivity index (χ4n) is 3.30. The summed E-state index contributed by atoms with van der Waals surface area (Å²) in [5, 5.41) is 7.67. The van der Waals surface area contributed by atoms with Gasteiger partial charge in [-0.25, -0.2) is 4.98 Å². The molecule has 3 N–H and O–H groups in total. The molecule has 1 aliphatic heterocycles. The van der Waals surface area contributed by atoms with E-state index in [4.69, 9.17) is 14.9 Å². The monoisotopic (exact) mass is 377 g/mol. The topological polar surface area (TPSA) is 107 Å². The molecule has 0 aliphatic carbocycles. The largest absolute Gasteiger partial charge is 0.441 e. The number of morpholine rings is 1. The number of nitrogens with zero attached hydrogens (tertiary/aromatic N) is 5. The third-order valence-electron chi connectivity index (χ3n) is 4.70. The summed E-state index contributed by atoms with van der Waals surface area (Å²) >= 11 is 0. The van der Waals surface area contributed by atoms with Crippen LogP contribution in [0.15, 0.2) is 53.3 Å². The van der Waals surface area contributed by atoms with Gasteiger partial charge in [0, 0.05) is 24.5 Å². The number of fused-ring (bicyclic) bond motifs is 1. The van der Waals surface area contributed by atoms with Crippen molar-refractivity contribution >= 4 is 34.4 Å². The van der Waals surface area contributed by atoms with Gasteiger partial charge in [0.1, 0.15) is 11.2 Å². The van der Waals surface area contributed by atoms with E-state index < -0.39 is 0 Å². The van der Waals surface area contributed by atoms with E-state index in [1.165, 1.54) is 16.8 Å². The van der Waals surface area contributed by atoms with Gasteiger partial charge in [-0.3, -0.25) is 0 Å². The number of oxazole rings is 1. The summed E-state index contributed by atoms with van der Waals surface area (Å²) in [5.41, 5.74) is 10.2. The second-order valence-electron chi connectivity index (χ2n) is 6.45. The zero-order chi connectivity index (χ0) is 18.9. The first-order valence-electron chi connectivity index (χ1n) is 9.03. The summed E-state index contributed by atoms with van der Waals surface area (Å²) in [5.74, 6) is 0.671. The summed E-state index contributed by atoms with van der Waals surface area (Å²) in [6, 6.07) is 13.7. The predicted molar refractivity (Wildman–Crippen MR) is 106 cm³/mol. The lowest BCUT2D eigenvalue weighted by Gasteiger charge is -2.28. The van der Waals surface area contributed by atoms with Crippen molar-refractivity contribution < 1.29 is 9.15 Å². The van der Waals surface area contributed by atoms with Crippen LogP contribution in [0.3, 0.4) is 0 Å². The number of nitrogens with two attached hydrogens (primary N) is 1. The van der Waals surface area contributed by atoms with Crippen molar-refractivity contribution in [2.24, 2.45) is 0 Å². The number of rotatable bonds is 4. The first-order valence-corrected chi connectivity index (χ1v) is 9.03. The molecule has 2 aromatic carbocycles. The third kappa shape index (κ3) is 3.01. The number of para-hydroxylation sites is 1. The number of hydrogen-bond acceptors (Lipinski definition) is 8. The van der Waals surface area contributed by atoms with Crippen molar-refractivity contribution in [3.05, 3.63) is 48.9 Å². The standard InChI is InChI=1S/C19H19N7O2/c20-18-23-19(24-26(18)16-3-1-2-15-17(16)28-12-21-15)22-13-4-6-14(7-5-13)25-8-10-27-11-9-25/h1-7,12H,8-11H2,(H3,20,22,23,24). The summed E-state index contributed by atoms with van der Waals surface area (Å²) < 4.78 is 12.4. The number of ether oxygens (including phenoxy) is 1. The van der Waals surface area contributed by atoms with E-state index in [0.717, 1.165) is 37.5 Å². The van der Waals surface area contributed by atoms with Crippen LogP contribution in [0.25, 0.3) is 16.8 Å². The molecule has 0 bridgehead atoms. The summed E-state index contributed by atoms with van der Waals surface area (Å²) in [6.45, 7) is 3.34. The molecular formula is C19H19N7O2. The van der Waals surface area contributed by atoms with Crippen molar-refractivity contribution in [1.29, 1.82) is 0 Å². The predicted octanol–water partition coefficient (Wildman–Crippen LogP) is 2.57. The van der Waals surface area contributed by atoms with Gasteiger partial charge in [-0.1, -0.05) is 6.07 Å². The highest BCUT2D eigenvalue weighted by atomic mass is 16.5. The molecule has 3 heterocycles. The van der Waals surface area contributed by atoms with E-state index in [9.17, 15) is 0 Å². The number of benzene rings is 2. The molecule has 142 valence electrons. The second-order valence-corrected chi connectivity index (χ2v) is 6.45. The minimum Gasteiger partial charge on any atom is -0.441 e. The van der Waals surface area contributed by atoms with Crippen molar-refractivity contribution in [2.45, 2.75) is 0 Å². The van der Waals surface area contributed by atoms with Gasteiger partial charge >= 0.3 is 0 Å². The molecule has 4 aromatic rings. The molecule has 28 heavy (non-hydrogen) atoms. The smallest absolute Gasteiger partial charge is 0.248 e. The van der Waals surface area contributed by atoms with Gasteiger partial charge in [0.15, 0.2) is 12.0 Å². The van der Waals surface area contributed by atoms with E-state index >= 15 is 0 Å². The Hall–Kier alpha value is -3.59. The Bertz CT molecular complexity index is 1100. The van der Waals surface area contributed by atoms with E-state index in [2.05, 4.69) is 37.4 Å². The van der Waals surface area contributed by atoms with Crippen molar-refractivity contribution in [1.82, 2.24) is 19.7 Å². The molecule has 2 aromatic heterocycles. The van der Waals surface area contributed by atoms with Crippen molar-refractivity contribution in [3.63, 3.8) is 0 Å². The first-order chi connectivity index (χ1) is 13.8. The van der Waals surface area contributed by atoms with Crippen LogP contribution in [0.1, 0.15) is 0 Å². The maximum Gasteiger partial charge on any atom is 0.248 e. The lowest BCUT2D eigenvalue weighted by Crippen LogP contribution is -2.36. The first kappa shape index (κ1) is 16.6. The number of anilines is 4. The van der Waals surface area contributed by atoms with E-state index in [1.807, 2.05) is 30.3 Å². The lowest BCUT2D eigenvalue weighted by molar-refractivity contribution is 0.122. The molecule has 0 saturated carbocycles. The molecule has 1 saturated heterocycles. The number of hydrogen-bond donors (Lipinski definition) is 2. The van der Waals surface area contributed by atoms with E-state index in [0.29, 0.717) is 17.2 Å². The Morgan fingerprint density at radius 2 is 1.86 bits per heavy atom. The van der Waals surface area contributed by atoms with Gasteiger partial charge in [-0.05, 0) is 36.4 Å². The Balaban J connectivity index is 1.38. The quantitative estimate of drug-likeness (QED) is 0.559. The van der Waals surface area contributed by atoms with Crippen molar-refractivity contribution in [3.8, 4) is 5.69 Å². The van der Waals surface area contributed by atoms with Crippen LogP contribution in [-0.4, -0.2) is 46.1 Å². The number of nitrogens with one attached hydrogen (secondary N) is 1. The van der Waals surface area contributed by atoms with Gasteiger partial charge in [0.25, 0.3) is 0 Å². The summed E-state index contributed by atoms with van der Waals surface area (Å²) in [7, 11) is 0. The summed E-state index contributed by atoms with van der Waals surface area (Å²) in [4.78, 5) is 10.8. The van der Waals surface area contributed by atoms with Crippen LogP contribution in [-0.2, 0) is 4.74 Å². The molecule has 5 rings (SSSR count). The molecule has 0 atom stereocenters. The van der Waals surface area contributed by atoms with Crippen LogP contribution >= 0.6 is 0 Å². The fraction of sp³-hybridized carbons (Fsp3) is 0.211. The van der Waals surface area contributed by atoms with Crippen LogP contribution in [0.5, 0.6) is 0 Å². The SMILES string of the molecule is Nc1nc(Nc2ccc(N3CCOCC3)cc2)nn1-c1cccc2ncoc12. The molecule has 1 aliphatic rings. The minimum atomic E-state index is 0.260. The van der Waals surface area contributed by atoms with Gasteiger partial charge in [0.2, 0.25) is 11.9 Å². The highest BCUT2D eigenvalue weighted by Gasteiger charge is 2.15. The Morgan fingerprint density at radius 3 is 2.68 bits per heavy atom. The number of nitrogen functional groups attached to an aromatic ring is 1. The van der Waals surface area contributed by atoms with Crippen molar-refractivity contribution in [2.75, 3.05) is 42.3 Å². The van der Waals surface area contributed by atoms with Gasteiger partial charge in [-0.15, -0.1) is 5.10 Å². The Labute approximate surface area is 160 Å². The molecule has 9 heteroatoms. The second kappa shape index (κ2) is 6.86. The fourth-order valence-corrected chi connectivity index (χ4v) is 3.30. The maximum atomic E-state index is 6.08. The molecule has 0 spiro atoms. The van der Waals surface area contributed by atoms with Gasteiger partial charge in [-0.2, -0.15) is 9.67 Å². The third-order valence-corrected chi connectivity index (χ3v) is 4.70. The van der Waals surface area contributed by atoms with E-state index in [-0.39, 0.29) is 5.95 Å². The van der Waals surface area contributed by atoms with Crippen LogP contribution < -0.4 is 16.0 Å². The number of aromatic nitrogens is 4. The molecule has 0 unspecified atom stereocenters.